The van der Waals surface area contributed by atoms with E-state index in [-0.39, 0.29) is 0 Å². The second-order valence-electron chi connectivity index (χ2n) is 4.03. The third-order valence-electron chi connectivity index (χ3n) is 2.62. The Morgan fingerprint density at radius 3 is 2.22 bits per heavy atom. The molecule has 0 spiro atoms. The zero-order valence-corrected chi connectivity index (χ0v) is 10.1. The van der Waals surface area contributed by atoms with Crippen LogP contribution in [0.1, 0.15) is 23.1 Å². The molecule has 0 fully saturated rings. The monoisotopic (exact) mass is 234 g/mol. The predicted octanol–water partition coefficient (Wildman–Crippen LogP) is 3.22. The lowest BCUT2D eigenvalue weighted by atomic mass is 10.0. The molecule has 0 saturated heterocycles. The molecule has 1 heteroatoms. The third-order valence-corrected chi connectivity index (χ3v) is 2.62. The Labute approximate surface area is 107 Å². The minimum atomic E-state index is 0.297. The van der Waals surface area contributed by atoms with E-state index in [1.807, 2.05) is 18.2 Å². The Morgan fingerprint density at radius 1 is 0.889 bits per heavy atom. The first kappa shape index (κ1) is 12.1. The van der Waals surface area contributed by atoms with Gasteiger partial charge in [-0.25, -0.2) is 0 Å². The van der Waals surface area contributed by atoms with Gasteiger partial charge in [-0.05, 0) is 29.7 Å². The summed E-state index contributed by atoms with van der Waals surface area (Å²) in [5.74, 6) is 5.76. The fourth-order valence-corrected chi connectivity index (χ4v) is 1.73. The average molecular weight is 234 g/mol. The Morgan fingerprint density at radius 2 is 1.56 bits per heavy atom. The second-order valence-corrected chi connectivity index (χ2v) is 4.03. The Bertz CT molecular complexity index is 556. The van der Waals surface area contributed by atoms with Gasteiger partial charge in [-0.1, -0.05) is 54.3 Å². The number of aldehydes is 1. The first-order valence-corrected chi connectivity index (χ1v) is 5.94. The molecular formula is C17H14O. The molecule has 0 saturated carbocycles. The highest BCUT2D eigenvalue weighted by atomic mass is 16.1. The maximum absolute atomic E-state index is 10.1. The van der Waals surface area contributed by atoms with E-state index in [1.54, 1.807) is 0 Å². The SMILES string of the molecule is O=CCC#Cc1ccc(Cc2ccccc2)cc1. The first-order chi connectivity index (χ1) is 8.88. The van der Waals surface area contributed by atoms with Crippen molar-refractivity contribution in [3.63, 3.8) is 0 Å². The van der Waals surface area contributed by atoms with Gasteiger partial charge in [0.15, 0.2) is 0 Å². The van der Waals surface area contributed by atoms with Crippen LogP contribution in [0, 0.1) is 11.8 Å². The van der Waals surface area contributed by atoms with Crippen LogP contribution in [0.15, 0.2) is 54.6 Å². The van der Waals surface area contributed by atoms with Crippen molar-refractivity contribution in [1.29, 1.82) is 0 Å². The molecule has 0 heterocycles. The van der Waals surface area contributed by atoms with Gasteiger partial charge in [-0.15, -0.1) is 0 Å². The van der Waals surface area contributed by atoms with Crippen molar-refractivity contribution in [2.45, 2.75) is 12.8 Å². The van der Waals surface area contributed by atoms with Crippen molar-refractivity contribution in [3.8, 4) is 11.8 Å². The summed E-state index contributed by atoms with van der Waals surface area (Å²) in [6.07, 6.45) is 2.05. The van der Waals surface area contributed by atoms with E-state index in [4.69, 9.17) is 0 Å². The normalized spacial score (nSPS) is 9.33. The minimum absolute atomic E-state index is 0.297. The molecule has 0 radical (unpaired) electrons. The molecule has 2 rings (SSSR count). The molecule has 0 aliphatic carbocycles. The average Bonchev–Trinajstić information content (AvgIpc) is 2.42. The van der Waals surface area contributed by atoms with E-state index < -0.39 is 0 Å². The van der Waals surface area contributed by atoms with Crippen LogP contribution in [0.2, 0.25) is 0 Å². The lowest BCUT2D eigenvalue weighted by Crippen LogP contribution is -1.87. The van der Waals surface area contributed by atoms with E-state index in [0.717, 1.165) is 18.3 Å². The zero-order valence-electron chi connectivity index (χ0n) is 10.1. The molecule has 0 aliphatic rings. The summed E-state index contributed by atoms with van der Waals surface area (Å²) in [6.45, 7) is 0. The van der Waals surface area contributed by atoms with Crippen molar-refractivity contribution in [2.24, 2.45) is 0 Å². The van der Waals surface area contributed by atoms with E-state index in [0.29, 0.717) is 6.42 Å². The van der Waals surface area contributed by atoms with Crippen LogP contribution < -0.4 is 0 Å². The van der Waals surface area contributed by atoms with Crippen molar-refractivity contribution in [3.05, 3.63) is 71.3 Å². The number of hydrogen-bond acceptors (Lipinski definition) is 1. The van der Waals surface area contributed by atoms with E-state index in [2.05, 4.69) is 48.2 Å². The Kier molecular flexibility index (Phi) is 4.33. The molecule has 2 aromatic carbocycles. The smallest absolute Gasteiger partial charge is 0.131 e. The summed E-state index contributed by atoms with van der Waals surface area (Å²) in [6, 6.07) is 18.5. The molecule has 0 aromatic heterocycles. The molecule has 0 unspecified atom stereocenters. The van der Waals surface area contributed by atoms with Crippen LogP contribution in [0.4, 0.5) is 0 Å². The van der Waals surface area contributed by atoms with Gasteiger partial charge >= 0.3 is 0 Å². The number of carbonyl (C=O) groups is 1. The lowest BCUT2D eigenvalue weighted by molar-refractivity contribution is -0.107. The topological polar surface area (TPSA) is 17.1 Å². The van der Waals surface area contributed by atoms with Crippen molar-refractivity contribution in [1.82, 2.24) is 0 Å². The summed E-state index contributed by atoms with van der Waals surface area (Å²) >= 11 is 0. The molecule has 88 valence electrons. The highest BCUT2D eigenvalue weighted by molar-refractivity contribution is 5.55. The number of carbonyl (C=O) groups excluding carboxylic acids is 1. The Hall–Kier alpha value is -2.33. The Balaban J connectivity index is 2.05. The molecule has 0 atom stereocenters. The lowest BCUT2D eigenvalue weighted by Gasteiger charge is -2.01. The van der Waals surface area contributed by atoms with E-state index in [9.17, 15) is 4.79 Å². The van der Waals surface area contributed by atoms with Gasteiger partial charge in [0.1, 0.15) is 6.29 Å². The molecule has 0 bridgehead atoms. The molecule has 0 amide bonds. The molecule has 18 heavy (non-hydrogen) atoms. The fourth-order valence-electron chi connectivity index (χ4n) is 1.73. The zero-order chi connectivity index (χ0) is 12.6. The summed E-state index contributed by atoms with van der Waals surface area (Å²) in [4.78, 5) is 10.1. The van der Waals surface area contributed by atoms with Crippen molar-refractivity contribution < 1.29 is 4.79 Å². The van der Waals surface area contributed by atoms with Crippen LogP contribution in [-0.2, 0) is 11.2 Å². The molecule has 2 aromatic rings. The first-order valence-electron chi connectivity index (χ1n) is 5.94. The van der Waals surface area contributed by atoms with Gasteiger partial charge in [-0.3, -0.25) is 0 Å². The predicted molar refractivity (Wildman–Crippen MR) is 73.2 cm³/mol. The van der Waals surface area contributed by atoms with Gasteiger partial charge in [-0.2, -0.15) is 0 Å². The summed E-state index contributed by atoms with van der Waals surface area (Å²) in [5.41, 5.74) is 3.52. The summed E-state index contributed by atoms with van der Waals surface area (Å²) < 4.78 is 0. The second kappa shape index (κ2) is 6.42. The van der Waals surface area contributed by atoms with Crippen molar-refractivity contribution >= 4 is 6.29 Å². The highest BCUT2D eigenvalue weighted by Crippen LogP contribution is 2.10. The van der Waals surface area contributed by atoms with E-state index >= 15 is 0 Å². The quantitative estimate of drug-likeness (QED) is 0.588. The van der Waals surface area contributed by atoms with Crippen LogP contribution in [0.25, 0.3) is 0 Å². The number of hydrogen-bond donors (Lipinski definition) is 0. The van der Waals surface area contributed by atoms with Gasteiger partial charge in [0, 0.05) is 5.56 Å². The number of rotatable bonds is 3. The van der Waals surface area contributed by atoms with Crippen LogP contribution in [-0.4, -0.2) is 6.29 Å². The summed E-state index contributed by atoms with van der Waals surface area (Å²) in [7, 11) is 0. The number of benzene rings is 2. The van der Waals surface area contributed by atoms with Crippen LogP contribution >= 0.6 is 0 Å². The van der Waals surface area contributed by atoms with Crippen LogP contribution in [0.5, 0.6) is 0 Å². The standard InChI is InChI=1S/C17H14O/c18-13-5-4-6-15-9-11-17(12-10-15)14-16-7-2-1-3-8-16/h1-3,7-13H,5,14H2. The largest absolute Gasteiger partial charge is 0.302 e. The molecule has 1 nitrogen and oxygen atoms in total. The molecule has 0 N–H and O–H groups in total. The van der Waals surface area contributed by atoms with Crippen LogP contribution in [0.3, 0.4) is 0 Å². The highest BCUT2D eigenvalue weighted by Gasteiger charge is 1.95. The summed E-state index contributed by atoms with van der Waals surface area (Å²) in [5, 5.41) is 0. The maximum Gasteiger partial charge on any atom is 0.131 e. The minimum Gasteiger partial charge on any atom is -0.302 e. The molecular weight excluding hydrogens is 220 g/mol. The van der Waals surface area contributed by atoms with Crippen molar-refractivity contribution in [2.75, 3.05) is 0 Å². The molecule has 0 aliphatic heterocycles. The van der Waals surface area contributed by atoms with E-state index in [1.165, 1.54) is 11.1 Å². The maximum atomic E-state index is 10.1. The van der Waals surface area contributed by atoms with Gasteiger partial charge < -0.3 is 4.79 Å². The third kappa shape index (κ3) is 3.61. The van der Waals surface area contributed by atoms with Gasteiger partial charge in [0.2, 0.25) is 0 Å². The fraction of sp³-hybridized carbons (Fsp3) is 0.118. The van der Waals surface area contributed by atoms with Gasteiger partial charge in [0.25, 0.3) is 0 Å². The van der Waals surface area contributed by atoms with Gasteiger partial charge in [0.05, 0.1) is 6.42 Å².